The van der Waals surface area contributed by atoms with E-state index in [0.717, 1.165) is 11.1 Å². The van der Waals surface area contributed by atoms with Gasteiger partial charge in [-0.15, -0.1) is 0 Å². The predicted octanol–water partition coefficient (Wildman–Crippen LogP) is 2.81. The number of carbonyl (C=O) groups is 2. The second kappa shape index (κ2) is 5.93. The Kier molecular flexibility index (Phi) is 3.82. The van der Waals surface area contributed by atoms with Crippen molar-refractivity contribution >= 4 is 11.8 Å². The lowest BCUT2D eigenvalue weighted by Gasteiger charge is -1.99. The molecule has 0 atom stereocenters. The van der Waals surface area contributed by atoms with Crippen LogP contribution in [0.1, 0.15) is 23.4 Å². The average Bonchev–Trinajstić information content (AvgIpc) is 3.20. The zero-order valence-corrected chi connectivity index (χ0v) is 12.0. The molecule has 1 aromatic heterocycles. The van der Waals surface area contributed by atoms with Crippen LogP contribution in [-0.4, -0.2) is 25.7 Å². The molecule has 0 amide bonds. The van der Waals surface area contributed by atoms with Gasteiger partial charge in [-0.05, 0) is 23.8 Å². The van der Waals surface area contributed by atoms with Crippen LogP contribution in [0.5, 0.6) is 11.5 Å². The summed E-state index contributed by atoms with van der Waals surface area (Å²) in [6, 6.07) is 7.15. The summed E-state index contributed by atoms with van der Waals surface area (Å²) in [7, 11) is 1.29. The second-order valence-corrected chi connectivity index (χ2v) is 4.77. The maximum Gasteiger partial charge on any atom is 0.305 e. The van der Waals surface area contributed by atoms with Gasteiger partial charge in [0.05, 0.1) is 19.8 Å². The van der Waals surface area contributed by atoms with Crippen molar-refractivity contribution in [2.75, 3.05) is 13.9 Å². The Morgan fingerprint density at radius 3 is 2.73 bits per heavy atom. The molecule has 0 aliphatic carbocycles. The van der Waals surface area contributed by atoms with Crippen molar-refractivity contribution in [3.05, 3.63) is 36.3 Å². The lowest BCUT2D eigenvalue weighted by molar-refractivity contribution is -0.140. The minimum atomic E-state index is -0.420. The van der Waals surface area contributed by atoms with Gasteiger partial charge >= 0.3 is 5.97 Å². The Hall–Kier alpha value is -2.76. The number of hydrogen-bond donors (Lipinski definition) is 0. The molecule has 0 saturated heterocycles. The summed E-state index contributed by atoms with van der Waals surface area (Å²) in [5, 5.41) is 0. The number of ketones is 1. The van der Waals surface area contributed by atoms with Crippen LogP contribution in [0.2, 0.25) is 0 Å². The first-order chi connectivity index (χ1) is 10.7. The van der Waals surface area contributed by atoms with Gasteiger partial charge in [-0.25, -0.2) is 0 Å². The number of hydrogen-bond acceptors (Lipinski definition) is 6. The van der Waals surface area contributed by atoms with Crippen molar-refractivity contribution in [3.8, 4) is 22.6 Å². The SMILES string of the molecule is COC(=O)CCC(=O)c1cc(-c2ccc3c(c2)OCO3)co1. The minimum absolute atomic E-state index is 0.0371. The number of furan rings is 1. The van der Waals surface area contributed by atoms with Gasteiger partial charge in [0, 0.05) is 12.0 Å². The van der Waals surface area contributed by atoms with Crippen LogP contribution in [0.3, 0.4) is 0 Å². The summed E-state index contributed by atoms with van der Waals surface area (Å²) in [5.41, 5.74) is 1.62. The maximum atomic E-state index is 12.0. The Balaban J connectivity index is 1.73. The molecule has 0 saturated carbocycles. The smallest absolute Gasteiger partial charge is 0.305 e. The monoisotopic (exact) mass is 302 g/mol. The highest BCUT2D eigenvalue weighted by Crippen LogP contribution is 2.36. The van der Waals surface area contributed by atoms with Crippen LogP contribution in [0.4, 0.5) is 0 Å². The van der Waals surface area contributed by atoms with E-state index in [0.29, 0.717) is 11.5 Å². The standard InChI is InChI=1S/C16H14O6/c1-19-16(18)5-3-12(17)14-7-11(8-20-14)10-2-4-13-15(6-10)22-9-21-13/h2,4,6-8H,3,5,9H2,1H3. The molecule has 1 aromatic carbocycles. The number of esters is 1. The number of ether oxygens (including phenoxy) is 3. The fraction of sp³-hybridized carbons (Fsp3) is 0.250. The van der Waals surface area contributed by atoms with Crippen molar-refractivity contribution in [2.24, 2.45) is 0 Å². The highest BCUT2D eigenvalue weighted by atomic mass is 16.7. The van der Waals surface area contributed by atoms with Crippen molar-refractivity contribution in [3.63, 3.8) is 0 Å². The molecule has 2 heterocycles. The van der Waals surface area contributed by atoms with Crippen molar-refractivity contribution in [1.82, 2.24) is 0 Å². The molecular formula is C16H14O6. The summed E-state index contributed by atoms with van der Waals surface area (Å²) in [6.45, 7) is 0.210. The fourth-order valence-electron chi connectivity index (χ4n) is 2.15. The van der Waals surface area contributed by atoms with Crippen LogP contribution < -0.4 is 9.47 Å². The van der Waals surface area contributed by atoms with Crippen molar-refractivity contribution in [2.45, 2.75) is 12.8 Å². The first kappa shape index (κ1) is 14.2. The second-order valence-electron chi connectivity index (χ2n) is 4.77. The summed E-state index contributed by atoms with van der Waals surface area (Å²) in [6.07, 6.45) is 1.60. The third-order valence-corrected chi connectivity index (χ3v) is 3.36. The molecule has 0 N–H and O–H groups in total. The van der Waals surface area contributed by atoms with E-state index in [4.69, 9.17) is 13.9 Å². The molecule has 0 fully saturated rings. The third-order valence-electron chi connectivity index (χ3n) is 3.36. The molecule has 0 radical (unpaired) electrons. The van der Waals surface area contributed by atoms with Crippen LogP contribution in [0.25, 0.3) is 11.1 Å². The summed E-state index contributed by atoms with van der Waals surface area (Å²) >= 11 is 0. The molecule has 114 valence electrons. The summed E-state index contributed by atoms with van der Waals surface area (Å²) in [4.78, 5) is 23.0. The Bertz CT molecular complexity index is 715. The van der Waals surface area contributed by atoms with Crippen LogP contribution in [-0.2, 0) is 9.53 Å². The highest BCUT2D eigenvalue weighted by molar-refractivity contribution is 5.96. The summed E-state index contributed by atoms with van der Waals surface area (Å²) in [5.74, 6) is 0.920. The van der Waals surface area contributed by atoms with Crippen LogP contribution in [0.15, 0.2) is 34.9 Å². The molecule has 0 spiro atoms. The van der Waals surface area contributed by atoms with Gasteiger partial charge in [-0.1, -0.05) is 6.07 Å². The Morgan fingerprint density at radius 2 is 1.91 bits per heavy atom. The van der Waals surface area contributed by atoms with Crippen molar-refractivity contribution in [1.29, 1.82) is 0 Å². The van der Waals surface area contributed by atoms with Crippen molar-refractivity contribution < 1.29 is 28.2 Å². The molecule has 6 heteroatoms. The third kappa shape index (κ3) is 2.81. The van der Waals surface area contributed by atoms with Gasteiger partial charge < -0.3 is 18.6 Å². The number of fused-ring (bicyclic) bond motifs is 1. The normalized spacial score (nSPS) is 12.2. The number of Topliss-reactive ketones (excluding diaryl/α,β-unsaturated/α-hetero) is 1. The Labute approximate surface area is 126 Å². The van der Waals surface area contributed by atoms with Crippen LogP contribution >= 0.6 is 0 Å². The number of carbonyl (C=O) groups excluding carboxylic acids is 2. The zero-order valence-electron chi connectivity index (χ0n) is 12.0. The Morgan fingerprint density at radius 1 is 1.09 bits per heavy atom. The minimum Gasteiger partial charge on any atom is -0.469 e. The van der Waals surface area contributed by atoms with E-state index in [1.807, 2.05) is 18.2 Å². The largest absolute Gasteiger partial charge is 0.469 e. The zero-order chi connectivity index (χ0) is 15.5. The van der Waals surface area contributed by atoms with Gasteiger partial charge in [-0.2, -0.15) is 0 Å². The quantitative estimate of drug-likeness (QED) is 0.624. The maximum absolute atomic E-state index is 12.0. The van der Waals surface area contributed by atoms with Gasteiger partial charge in [0.1, 0.15) is 0 Å². The molecule has 0 bridgehead atoms. The van der Waals surface area contributed by atoms with Gasteiger partial charge in [0.25, 0.3) is 0 Å². The molecule has 1 aliphatic rings. The lowest BCUT2D eigenvalue weighted by Crippen LogP contribution is -2.05. The first-order valence-electron chi connectivity index (χ1n) is 6.76. The summed E-state index contributed by atoms with van der Waals surface area (Å²) < 4.78 is 20.4. The van der Waals surface area contributed by atoms with Gasteiger partial charge in [0.2, 0.25) is 6.79 Å². The predicted molar refractivity (Wildman–Crippen MR) is 75.8 cm³/mol. The topological polar surface area (TPSA) is 75.0 Å². The molecular weight excluding hydrogens is 288 g/mol. The fourth-order valence-corrected chi connectivity index (χ4v) is 2.15. The average molecular weight is 302 g/mol. The first-order valence-corrected chi connectivity index (χ1v) is 6.76. The van der Waals surface area contributed by atoms with E-state index in [9.17, 15) is 9.59 Å². The number of rotatable bonds is 5. The molecule has 3 rings (SSSR count). The molecule has 6 nitrogen and oxygen atoms in total. The molecule has 1 aliphatic heterocycles. The number of methoxy groups -OCH3 is 1. The van der Waals surface area contributed by atoms with Crippen LogP contribution in [0, 0.1) is 0 Å². The van der Waals surface area contributed by atoms with Gasteiger partial charge in [0.15, 0.2) is 23.0 Å². The number of benzene rings is 1. The van der Waals surface area contributed by atoms with Gasteiger partial charge in [-0.3, -0.25) is 9.59 Å². The van der Waals surface area contributed by atoms with E-state index < -0.39 is 5.97 Å². The van der Waals surface area contributed by atoms with E-state index in [1.165, 1.54) is 13.4 Å². The van der Waals surface area contributed by atoms with E-state index in [1.54, 1.807) is 6.07 Å². The molecule has 22 heavy (non-hydrogen) atoms. The van der Waals surface area contributed by atoms with E-state index in [2.05, 4.69) is 4.74 Å². The van der Waals surface area contributed by atoms with E-state index >= 15 is 0 Å². The van der Waals surface area contributed by atoms with E-state index in [-0.39, 0.29) is 31.2 Å². The molecule has 0 unspecified atom stereocenters. The highest BCUT2D eigenvalue weighted by Gasteiger charge is 2.17. The lowest BCUT2D eigenvalue weighted by atomic mass is 10.1. The molecule has 2 aromatic rings.